The lowest BCUT2D eigenvalue weighted by molar-refractivity contribution is -0.385. The fraction of sp³-hybridized carbons (Fsp3) is 0.200. The van der Waals surface area contributed by atoms with E-state index in [1.54, 1.807) is 0 Å². The Morgan fingerprint density at radius 3 is 2.58 bits per heavy atom. The van der Waals surface area contributed by atoms with Crippen LogP contribution in [-0.4, -0.2) is 15.4 Å². The van der Waals surface area contributed by atoms with Gasteiger partial charge in [0.15, 0.2) is 0 Å². The van der Waals surface area contributed by atoms with Crippen LogP contribution in [0.5, 0.6) is 0 Å². The molecule has 0 aliphatic heterocycles. The Balaban J connectivity index is 2.26. The van der Waals surface area contributed by atoms with Crippen molar-refractivity contribution in [2.24, 2.45) is 0 Å². The van der Waals surface area contributed by atoms with Gasteiger partial charge in [0, 0.05) is 11.6 Å². The number of carbonyl (C=O) groups excluding carboxylic acids is 1. The summed E-state index contributed by atoms with van der Waals surface area (Å²) < 4.78 is 39.0. The van der Waals surface area contributed by atoms with E-state index in [1.807, 2.05) is 0 Å². The molecule has 2 aromatic rings. The lowest BCUT2D eigenvalue weighted by Gasteiger charge is -2.12. The smallest absolute Gasteiger partial charge is 0.323 e. The number of nitro groups is 1. The molecule has 11 heteroatoms. The zero-order valence-corrected chi connectivity index (χ0v) is 13.9. The minimum absolute atomic E-state index is 0.123. The number of benzene rings is 1. The van der Waals surface area contributed by atoms with Gasteiger partial charge in [-0.05, 0) is 25.1 Å². The van der Waals surface area contributed by atoms with Crippen molar-refractivity contribution in [3.8, 4) is 0 Å². The van der Waals surface area contributed by atoms with Crippen LogP contribution in [-0.2, 0) is 17.5 Å². The molecule has 0 aliphatic carbocycles. The van der Waals surface area contributed by atoms with E-state index in [1.165, 1.54) is 6.92 Å². The molecule has 138 valence electrons. The van der Waals surface area contributed by atoms with Crippen LogP contribution < -0.4 is 10.9 Å². The summed E-state index contributed by atoms with van der Waals surface area (Å²) in [4.78, 5) is 34.1. The second kappa shape index (κ2) is 7.16. The molecule has 2 rings (SSSR count). The Bertz CT molecular complexity index is 941. The van der Waals surface area contributed by atoms with Gasteiger partial charge in [0.05, 0.1) is 27.4 Å². The van der Waals surface area contributed by atoms with Gasteiger partial charge in [-0.3, -0.25) is 24.3 Å². The molecular weight excluding hydrogens is 379 g/mol. The number of anilines is 1. The van der Waals surface area contributed by atoms with Crippen molar-refractivity contribution in [2.75, 3.05) is 5.32 Å². The Hall–Kier alpha value is -2.88. The van der Waals surface area contributed by atoms with Crippen LogP contribution in [0.15, 0.2) is 35.3 Å². The van der Waals surface area contributed by atoms with E-state index in [-0.39, 0.29) is 22.0 Å². The van der Waals surface area contributed by atoms with E-state index in [9.17, 15) is 32.9 Å². The third kappa shape index (κ3) is 4.39. The van der Waals surface area contributed by atoms with Crippen LogP contribution in [0.25, 0.3) is 0 Å². The molecule has 0 aliphatic rings. The van der Waals surface area contributed by atoms with E-state index in [0.29, 0.717) is 6.07 Å². The first-order valence-corrected chi connectivity index (χ1v) is 7.39. The van der Waals surface area contributed by atoms with Crippen LogP contribution in [0.1, 0.15) is 11.1 Å². The lowest BCUT2D eigenvalue weighted by atomic mass is 10.2. The zero-order chi connectivity index (χ0) is 19.6. The maximum atomic E-state index is 12.7. The number of nitrogens with zero attached hydrogens (tertiary/aromatic N) is 2. The van der Waals surface area contributed by atoms with Gasteiger partial charge in [0.2, 0.25) is 5.91 Å². The van der Waals surface area contributed by atoms with Crippen molar-refractivity contribution < 1.29 is 22.9 Å². The Kier molecular flexibility index (Phi) is 5.36. The van der Waals surface area contributed by atoms with Gasteiger partial charge in [0.1, 0.15) is 6.54 Å². The standard InChI is InChI=1S/C15H11ClF3N3O4/c1-8-4-14(24)21(6-12(8)22(25)26)7-13(23)20-11-5-9(15(17,18)19)2-3-10(11)16/h2-6H,7H2,1H3,(H,20,23). The molecule has 1 aromatic heterocycles. The fourth-order valence-corrected chi connectivity index (χ4v) is 2.28. The number of rotatable bonds is 4. The first kappa shape index (κ1) is 19.4. The predicted molar refractivity (Wildman–Crippen MR) is 87.2 cm³/mol. The number of amides is 1. The Morgan fingerprint density at radius 1 is 1.35 bits per heavy atom. The molecule has 0 atom stereocenters. The van der Waals surface area contributed by atoms with Gasteiger partial charge in [0.25, 0.3) is 11.2 Å². The van der Waals surface area contributed by atoms with E-state index < -0.39 is 34.7 Å². The Morgan fingerprint density at radius 2 is 2.00 bits per heavy atom. The molecule has 0 spiro atoms. The highest BCUT2D eigenvalue weighted by atomic mass is 35.5. The summed E-state index contributed by atoms with van der Waals surface area (Å²) in [5, 5.41) is 12.9. The van der Waals surface area contributed by atoms with E-state index in [4.69, 9.17) is 11.6 Å². The highest BCUT2D eigenvalue weighted by molar-refractivity contribution is 6.33. The predicted octanol–water partition coefficient (Wildman–Crippen LogP) is 3.38. The molecule has 0 fully saturated rings. The summed E-state index contributed by atoms with van der Waals surface area (Å²) in [7, 11) is 0. The molecule has 0 saturated heterocycles. The van der Waals surface area contributed by atoms with Crippen molar-refractivity contribution in [3.63, 3.8) is 0 Å². The molecule has 0 saturated carbocycles. The number of hydrogen-bond acceptors (Lipinski definition) is 4. The molecule has 7 nitrogen and oxygen atoms in total. The highest BCUT2D eigenvalue weighted by Crippen LogP contribution is 2.33. The first-order valence-electron chi connectivity index (χ1n) is 7.01. The molecule has 0 unspecified atom stereocenters. The average Bonchev–Trinajstić information content (AvgIpc) is 2.50. The molecular formula is C15H11ClF3N3O4. The quantitative estimate of drug-likeness (QED) is 0.640. The lowest BCUT2D eigenvalue weighted by Crippen LogP contribution is -2.27. The molecule has 1 aromatic carbocycles. The summed E-state index contributed by atoms with van der Waals surface area (Å²) in [6.07, 6.45) is -3.73. The van der Waals surface area contributed by atoms with Crippen molar-refractivity contribution in [1.82, 2.24) is 4.57 Å². The number of halogens is 4. The molecule has 1 N–H and O–H groups in total. The van der Waals surface area contributed by atoms with Crippen molar-refractivity contribution >= 4 is 28.9 Å². The minimum atomic E-state index is -4.63. The number of carbonyl (C=O) groups is 1. The van der Waals surface area contributed by atoms with Gasteiger partial charge in [-0.2, -0.15) is 13.2 Å². The van der Waals surface area contributed by atoms with Crippen LogP contribution in [0, 0.1) is 17.0 Å². The topological polar surface area (TPSA) is 94.2 Å². The minimum Gasteiger partial charge on any atom is -0.323 e. The number of hydrogen-bond donors (Lipinski definition) is 1. The number of pyridine rings is 1. The fourth-order valence-electron chi connectivity index (χ4n) is 2.11. The highest BCUT2D eigenvalue weighted by Gasteiger charge is 2.31. The summed E-state index contributed by atoms with van der Waals surface area (Å²) in [5.74, 6) is -0.869. The molecule has 0 radical (unpaired) electrons. The van der Waals surface area contributed by atoms with Gasteiger partial charge in [-0.1, -0.05) is 11.6 Å². The molecule has 1 amide bonds. The Labute approximate surface area is 149 Å². The van der Waals surface area contributed by atoms with Crippen molar-refractivity contribution in [2.45, 2.75) is 19.6 Å². The summed E-state index contributed by atoms with van der Waals surface area (Å²) >= 11 is 5.77. The normalized spacial score (nSPS) is 11.3. The van der Waals surface area contributed by atoms with Crippen LogP contribution in [0.2, 0.25) is 5.02 Å². The van der Waals surface area contributed by atoms with E-state index in [2.05, 4.69) is 5.32 Å². The zero-order valence-electron chi connectivity index (χ0n) is 13.1. The maximum Gasteiger partial charge on any atom is 0.416 e. The molecule has 26 heavy (non-hydrogen) atoms. The van der Waals surface area contributed by atoms with Crippen molar-refractivity contribution in [1.29, 1.82) is 0 Å². The van der Waals surface area contributed by atoms with Crippen LogP contribution in [0.4, 0.5) is 24.5 Å². The summed E-state index contributed by atoms with van der Waals surface area (Å²) in [5.41, 5.74) is -2.22. The van der Waals surface area contributed by atoms with E-state index >= 15 is 0 Å². The van der Waals surface area contributed by atoms with Gasteiger partial charge in [-0.15, -0.1) is 0 Å². The third-order valence-electron chi connectivity index (χ3n) is 3.38. The van der Waals surface area contributed by atoms with Gasteiger partial charge in [-0.25, -0.2) is 0 Å². The summed E-state index contributed by atoms with van der Waals surface area (Å²) in [6.45, 7) is 0.735. The third-order valence-corrected chi connectivity index (χ3v) is 3.71. The number of nitrogens with one attached hydrogen (secondary N) is 1. The molecule has 1 heterocycles. The van der Waals surface area contributed by atoms with E-state index in [0.717, 1.165) is 29.0 Å². The maximum absolute atomic E-state index is 12.7. The largest absolute Gasteiger partial charge is 0.416 e. The first-order chi connectivity index (χ1) is 12.0. The van der Waals surface area contributed by atoms with Crippen molar-refractivity contribution in [3.05, 3.63) is 67.1 Å². The monoisotopic (exact) mass is 389 g/mol. The summed E-state index contributed by atoms with van der Waals surface area (Å²) in [6, 6.07) is 3.37. The number of aromatic nitrogens is 1. The van der Waals surface area contributed by atoms with Gasteiger partial charge < -0.3 is 5.32 Å². The number of aryl methyl sites for hydroxylation is 1. The van der Waals surface area contributed by atoms with Crippen LogP contribution in [0.3, 0.4) is 0 Å². The number of alkyl halides is 3. The second-order valence-electron chi connectivity index (χ2n) is 5.31. The van der Waals surface area contributed by atoms with Crippen LogP contribution >= 0.6 is 11.6 Å². The second-order valence-corrected chi connectivity index (χ2v) is 5.71. The SMILES string of the molecule is Cc1cc(=O)n(CC(=O)Nc2cc(C(F)(F)F)ccc2Cl)cc1[N+](=O)[O-]. The van der Waals surface area contributed by atoms with Gasteiger partial charge >= 0.3 is 6.18 Å². The average molecular weight is 390 g/mol. The molecule has 0 bridgehead atoms.